The Kier molecular flexibility index (Phi) is 5.28. The molecule has 0 atom stereocenters. The molecule has 5 nitrogen and oxygen atoms in total. The summed E-state index contributed by atoms with van der Waals surface area (Å²) in [6.45, 7) is 3.01. The number of benzene rings is 2. The summed E-state index contributed by atoms with van der Waals surface area (Å²) in [4.78, 5) is 16.3. The highest BCUT2D eigenvalue weighted by molar-refractivity contribution is 5.88. The Hall–Kier alpha value is -3.28. The first-order chi connectivity index (χ1) is 13.7. The molecule has 0 spiro atoms. The third-order valence-electron chi connectivity index (χ3n) is 4.82. The largest absolute Gasteiger partial charge is 0.454 e. The maximum Gasteiger partial charge on any atom is 0.246 e. The van der Waals surface area contributed by atoms with Crippen LogP contribution < -0.4 is 14.4 Å². The summed E-state index contributed by atoms with van der Waals surface area (Å²) >= 11 is 0. The van der Waals surface area contributed by atoms with Crippen LogP contribution in [-0.4, -0.2) is 43.8 Å². The van der Waals surface area contributed by atoms with Crippen LogP contribution in [0, 0.1) is 5.82 Å². The number of hydrogen-bond acceptors (Lipinski definition) is 4. The molecule has 6 heteroatoms. The van der Waals surface area contributed by atoms with Gasteiger partial charge in [-0.1, -0.05) is 24.3 Å². The smallest absolute Gasteiger partial charge is 0.246 e. The first kappa shape index (κ1) is 18.1. The Morgan fingerprint density at radius 2 is 1.68 bits per heavy atom. The number of anilines is 1. The lowest BCUT2D eigenvalue weighted by Crippen LogP contribution is -2.48. The molecule has 1 amide bonds. The highest BCUT2D eigenvalue weighted by atomic mass is 19.1. The fourth-order valence-corrected chi connectivity index (χ4v) is 3.26. The molecule has 0 radical (unpaired) electrons. The van der Waals surface area contributed by atoms with Crippen molar-refractivity contribution in [3.8, 4) is 11.5 Å². The Morgan fingerprint density at radius 1 is 0.929 bits per heavy atom. The summed E-state index contributed by atoms with van der Waals surface area (Å²) in [7, 11) is 0. The van der Waals surface area contributed by atoms with Crippen molar-refractivity contribution in [1.29, 1.82) is 0 Å². The van der Waals surface area contributed by atoms with Crippen LogP contribution >= 0.6 is 0 Å². The van der Waals surface area contributed by atoms with E-state index in [4.69, 9.17) is 9.47 Å². The predicted molar refractivity (Wildman–Crippen MR) is 106 cm³/mol. The number of fused-ring (bicyclic) bond motifs is 1. The minimum absolute atomic E-state index is 0.00547. The molecule has 2 aromatic rings. The molecule has 4 rings (SSSR count). The zero-order chi connectivity index (χ0) is 19.3. The van der Waals surface area contributed by atoms with Crippen molar-refractivity contribution < 1.29 is 18.7 Å². The number of carbonyl (C=O) groups is 1. The number of allylic oxidation sites excluding steroid dienone is 2. The molecular weight excluding hydrogens is 359 g/mol. The second kappa shape index (κ2) is 8.17. The average molecular weight is 380 g/mol. The topological polar surface area (TPSA) is 42.0 Å². The van der Waals surface area contributed by atoms with Crippen molar-refractivity contribution in [2.75, 3.05) is 37.9 Å². The van der Waals surface area contributed by atoms with Gasteiger partial charge in [-0.3, -0.25) is 4.79 Å². The number of piperazine rings is 1. The third-order valence-corrected chi connectivity index (χ3v) is 4.82. The second-order valence-corrected chi connectivity index (χ2v) is 6.62. The Labute approximate surface area is 163 Å². The monoisotopic (exact) mass is 380 g/mol. The van der Waals surface area contributed by atoms with E-state index in [0.717, 1.165) is 35.8 Å². The lowest BCUT2D eigenvalue weighted by molar-refractivity contribution is -0.126. The standard InChI is InChI=1S/C22H21FN2O3/c23-18-6-8-19(9-7-18)24-11-13-25(14-12-24)22(26)4-2-1-3-17-5-10-20-21(15-17)28-16-27-20/h1-10,15H,11-14,16H2. The number of halogens is 1. The predicted octanol–water partition coefficient (Wildman–Crippen LogP) is 3.47. The lowest BCUT2D eigenvalue weighted by atomic mass is 10.2. The van der Waals surface area contributed by atoms with Crippen molar-refractivity contribution in [1.82, 2.24) is 4.90 Å². The minimum atomic E-state index is -0.239. The quantitative estimate of drug-likeness (QED) is 0.602. The molecule has 1 saturated heterocycles. The van der Waals surface area contributed by atoms with E-state index in [2.05, 4.69) is 4.90 Å². The van der Waals surface area contributed by atoms with Crippen LogP contribution in [-0.2, 0) is 4.79 Å². The van der Waals surface area contributed by atoms with E-state index in [-0.39, 0.29) is 18.5 Å². The molecule has 0 bridgehead atoms. The van der Waals surface area contributed by atoms with Gasteiger partial charge in [0.25, 0.3) is 0 Å². The number of rotatable bonds is 4. The van der Waals surface area contributed by atoms with Gasteiger partial charge < -0.3 is 19.3 Å². The summed E-state index contributed by atoms with van der Waals surface area (Å²) in [5.41, 5.74) is 1.96. The van der Waals surface area contributed by atoms with Gasteiger partial charge in [-0.2, -0.15) is 0 Å². The van der Waals surface area contributed by atoms with Gasteiger partial charge in [0, 0.05) is 37.9 Å². The summed E-state index contributed by atoms with van der Waals surface area (Å²) < 4.78 is 23.7. The van der Waals surface area contributed by atoms with Crippen LogP contribution in [0.3, 0.4) is 0 Å². The van der Waals surface area contributed by atoms with E-state index in [0.29, 0.717) is 13.1 Å². The van der Waals surface area contributed by atoms with Crippen LogP contribution in [0.15, 0.2) is 60.7 Å². The Morgan fingerprint density at radius 3 is 2.46 bits per heavy atom. The Bertz CT molecular complexity index is 900. The molecule has 2 aliphatic rings. The van der Waals surface area contributed by atoms with Crippen molar-refractivity contribution in [3.63, 3.8) is 0 Å². The highest BCUT2D eigenvalue weighted by Gasteiger charge is 2.19. The summed E-state index contributed by atoms with van der Waals surface area (Å²) in [6.07, 6.45) is 7.08. The van der Waals surface area contributed by atoms with Crippen LogP contribution in [0.5, 0.6) is 11.5 Å². The van der Waals surface area contributed by atoms with Crippen molar-refractivity contribution >= 4 is 17.7 Å². The van der Waals surface area contributed by atoms with E-state index in [1.54, 1.807) is 24.3 Å². The highest BCUT2D eigenvalue weighted by Crippen LogP contribution is 2.32. The van der Waals surface area contributed by atoms with Crippen molar-refractivity contribution in [3.05, 3.63) is 72.1 Å². The van der Waals surface area contributed by atoms with Gasteiger partial charge in [-0.05, 0) is 42.0 Å². The molecule has 0 aliphatic carbocycles. The molecule has 2 heterocycles. The number of hydrogen-bond donors (Lipinski definition) is 0. The molecule has 144 valence electrons. The van der Waals surface area contributed by atoms with Gasteiger partial charge in [-0.25, -0.2) is 4.39 Å². The molecular formula is C22H21FN2O3. The molecule has 28 heavy (non-hydrogen) atoms. The Balaban J connectivity index is 1.27. The molecule has 2 aromatic carbocycles. The number of amides is 1. The van der Waals surface area contributed by atoms with E-state index < -0.39 is 0 Å². The van der Waals surface area contributed by atoms with Crippen molar-refractivity contribution in [2.45, 2.75) is 0 Å². The van der Waals surface area contributed by atoms with E-state index in [1.807, 2.05) is 35.3 Å². The van der Waals surface area contributed by atoms with Crippen LogP contribution in [0.2, 0.25) is 0 Å². The fraction of sp³-hybridized carbons (Fsp3) is 0.227. The minimum Gasteiger partial charge on any atom is -0.454 e. The fourth-order valence-electron chi connectivity index (χ4n) is 3.26. The van der Waals surface area contributed by atoms with E-state index in [1.165, 1.54) is 12.1 Å². The van der Waals surface area contributed by atoms with Gasteiger partial charge in [0.2, 0.25) is 12.7 Å². The average Bonchev–Trinajstić information content (AvgIpc) is 3.20. The maximum atomic E-state index is 13.0. The summed E-state index contributed by atoms with van der Waals surface area (Å²) in [5, 5.41) is 0. The first-order valence-electron chi connectivity index (χ1n) is 9.23. The van der Waals surface area contributed by atoms with Crippen LogP contribution in [0.25, 0.3) is 6.08 Å². The normalized spacial score (nSPS) is 16.3. The van der Waals surface area contributed by atoms with Gasteiger partial charge in [0.15, 0.2) is 11.5 Å². The third kappa shape index (κ3) is 4.17. The van der Waals surface area contributed by atoms with Gasteiger partial charge in [0.05, 0.1) is 0 Å². The van der Waals surface area contributed by atoms with Gasteiger partial charge in [-0.15, -0.1) is 0 Å². The molecule has 2 aliphatic heterocycles. The van der Waals surface area contributed by atoms with E-state index >= 15 is 0 Å². The van der Waals surface area contributed by atoms with Crippen LogP contribution in [0.4, 0.5) is 10.1 Å². The second-order valence-electron chi connectivity index (χ2n) is 6.62. The summed E-state index contributed by atoms with van der Waals surface area (Å²) in [5.74, 6) is 1.24. The zero-order valence-corrected chi connectivity index (χ0v) is 15.4. The summed E-state index contributed by atoms with van der Waals surface area (Å²) in [6, 6.07) is 12.2. The maximum absolute atomic E-state index is 13.0. The molecule has 1 fully saturated rings. The lowest BCUT2D eigenvalue weighted by Gasteiger charge is -2.35. The number of carbonyl (C=O) groups excluding carboxylic acids is 1. The molecule has 0 unspecified atom stereocenters. The molecule has 0 aromatic heterocycles. The number of nitrogens with zero attached hydrogens (tertiary/aromatic N) is 2. The van der Waals surface area contributed by atoms with Crippen LogP contribution in [0.1, 0.15) is 5.56 Å². The van der Waals surface area contributed by atoms with Crippen molar-refractivity contribution in [2.24, 2.45) is 0 Å². The molecule has 0 N–H and O–H groups in total. The van der Waals surface area contributed by atoms with E-state index in [9.17, 15) is 9.18 Å². The zero-order valence-electron chi connectivity index (χ0n) is 15.4. The van der Waals surface area contributed by atoms with Gasteiger partial charge in [0.1, 0.15) is 5.82 Å². The van der Waals surface area contributed by atoms with Gasteiger partial charge >= 0.3 is 0 Å². The molecule has 0 saturated carbocycles. The number of ether oxygens (including phenoxy) is 2. The SMILES string of the molecule is O=C(C=CC=Cc1ccc2c(c1)OCO2)N1CCN(c2ccc(F)cc2)CC1. The first-order valence-corrected chi connectivity index (χ1v) is 9.23.